The molecule has 1 saturated carbocycles. The van der Waals surface area contributed by atoms with Gasteiger partial charge in [-0.15, -0.1) is 0 Å². The largest absolute Gasteiger partial charge is 0.416 e. The maximum atomic E-state index is 12.5. The first kappa shape index (κ1) is 17.7. The van der Waals surface area contributed by atoms with Crippen molar-refractivity contribution in [2.24, 2.45) is 17.6 Å². The van der Waals surface area contributed by atoms with E-state index in [0.717, 1.165) is 37.1 Å². The Hall–Kier alpha value is -2.09. The van der Waals surface area contributed by atoms with Crippen molar-refractivity contribution in [1.82, 2.24) is 10.2 Å². The second-order valence-electron chi connectivity index (χ2n) is 6.72. The fourth-order valence-electron chi connectivity index (χ4n) is 3.69. The SMILES string of the molecule is NC1CCC2CN(C(=O)CNC(=O)c3ccc(C(F)(F)F)cc3)CC12. The molecule has 3 N–H and O–H groups in total. The van der Waals surface area contributed by atoms with Gasteiger partial charge in [0.25, 0.3) is 5.91 Å². The zero-order valence-electron chi connectivity index (χ0n) is 13.6. The molecule has 2 amide bonds. The van der Waals surface area contributed by atoms with E-state index in [9.17, 15) is 22.8 Å². The van der Waals surface area contributed by atoms with E-state index in [1.54, 1.807) is 4.90 Å². The standard InChI is InChI=1S/C17H20F3N3O2/c18-17(19,20)12-4-1-10(2-5-12)16(25)22-7-15(24)23-8-11-3-6-14(21)13(11)9-23/h1-2,4-5,11,13-14H,3,6-9,21H2,(H,22,25). The fourth-order valence-corrected chi connectivity index (χ4v) is 3.69. The number of halogens is 3. The van der Waals surface area contributed by atoms with Crippen LogP contribution in [0.4, 0.5) is 13.2 Å². The highest BCUT2D eigenvalue weighted by molar-refractivity contribution is 5.96. The highest BCUT2D eigenvalue weighted by atomic mass is 19.4. The van der Waals surface area contributed by atoms with Crippen molar-refractivity contribution in [1.29, 1.82) is 0 Å². The number of nitrogens with one attached hydrogen (secondary N) is 1. The van der Waals surface area contributed by atoms with Crippen LogP contribution in [0.1, 0.15) is 28.8 Å². The number of hydrogen-bond donors (Lipinski definition) is 2. The summed E-state index contributed by atoms with van der Waals surface area (Å²) in [5.74, 6) is -0.000780. The van der Waals surface area contributed by atoms with Crippen LogP contribution < -0.4 is 11.1 Å². The molecular formula is C17H20F3N3O2. The van der Waals surface area contributed by atoms with Crippen molar-refractivity contribution in [3.8, 4) is 0 Å². The summed E-state index contributed by atoms with van der Waals surface area (Å²) >= 11 is 0. The van der Waals surface area contributed by atoms with Gasteiger partial charge in [0.05, 0.1) is 12.1 Å². The second kappa shape index (κ2) is 6.67. The van der Waals surface area contributed by atoms with E-state index in [2.05, 4.69) is 5.32 Å². The number of alkyl halides is 3. The number of carbonyl (C=O) groups is 2. The maximum Gasteiger partial charge on any atom is 0.416 e. The number of amides is 2. The first-order chi connectivity index (χ1) is 11.8. The number of nitrogens with two attached hydrogens (primary N) is 1. The van der Waals surface area contributed by atoms with Gasteiger partial charge in [0, 0.05) is 24.7 Å². The number of fused-ring (bicyclic) bond motifs is 1. The number of benzene rings is 1. The van der Waals surface area contributed by atoms with Crippen molar-refractivity contribution in [2.75, 3.05) is 19.6 Å². The van der Waals surface area contributed by atoms with E-state index >= 15 is 0 Å². The number of rotatable bonds is 3. The van der Waals surface area contributed by atoms with Gasteiger partial charge in [-0.1, -0.05) is 0 Å². The van der Waals surface area contributed by atoms with Crippen LogP contribution in [0, 0.1) is 11.8 Å². The lowest BCUT2D eigenvalue weighted by Crippen LogP contribution is -2.40. The van der Waals surface area contributed by atoms with Crippen LogP contribution in [0.15, 0.2) is 24.3 Å². The van der Waals surface area contributed by atoms with Gasteiger partial charge in [0.15, 0.2) is 0 Å². The summed E-state index contributed by atoms with van der Waals surface area (Å²) in [6, 6.07) is 4.02. The zero-order valence-corrected chi connectivity index (χ0v) is 13.6. The highest BCUT2D eigenvalue weighted by Gasteiger charge is 2.42. The molecule has 3 unspecified atom stereocenters. The molecule has 5 nitrogen and oxygen atoms in total. The van der Waals surface area contributed by atoms with Crippen molar-refractivity contribution in [3.05, 3.63) is 35.4 Å². The Balaban J connectivity index is 1.51. The number of likely N-dealkylation sites (tertiary alicyclic amines) is 1. The molecule has 2 aliphatic rings. The minimum absolute atomic E-state index is 0.0844. The van der Waals surface area contributed by atoms with Crippen LogP contribution in [0.5, 0.6) is 0 Å². The Morgan fingerprint density at radius 3 is 2.44 bits per heavy atom. The summed E-state index contributed by atoms with van der Waals surface area (Å²) in [6.45, 7) is 1.10. The van der Waals surface area contributed by atoms with Crippen molar-refractivity contribution in [3.63, 3.8) is 0 Å². The topological polar surface area (TPSA) is 75.4 Å². The molecular weight excluding hydrogens is 335 g/mol. The van der Waals surface area contributed by atoms with E-state index in [1.807, 2.05) is 0 Å². The Labute approximate surface area is 143 Å². The lowest BCUT2D eigenvalue weighted by Gasteiger charge is -2.19. The minimum Gasteiger partial charge on any atom is -0.343 e. The summed E-state index contributed by atoms with van der Waals surface area (Å²) in [6.07, 6.45) is -2.44. The van der Waals surface area contributed by atoms with Gasteiger partial charge in [0.2, 0.25) is 5.91 Å². The second-order valence-corrected chi connectivity index (χ2v) is 6.72. The van der Waals surface area contributed by atoms with Gasteiger partial charge in [-0.2, -0.15) is 13.2 Å². The summed E-state index contributed by atoms with van der Waals surface area (Å²) < 4.78 is 37.5. The molecule has 1 aliphatic heterocycles. The van der Waals surface area contributed by atoms with Crippen molar-refractivity contribution >= 4 is 11.8 Å². The average molecular weight is 355 g/mol. The lowest BCUT2D eigenvalue weighted by atomic mass is 9.98. The van der Waals surface area contributed by atoms with Crippen LogP contribution in [-0.2, 0) is 11.0 Å². The monoisotopic (exact) mass is 355 g/mol. The molecule has 3 atom stereocenters. The Morgan fingerprint density at radius 1 is 1.16 bits per heavy atom. The quantitative estimate of drug-likeness (QED) is 0.865. The Kier molecular flexibility index (Phi) is 4.73. The van der Waals surface area contributed by atoms with Crippen LogP contribution >= 0.6 is 0 Å². The molecule has 1 aromatic rings. The summed E-state index contributed by atoms with van der Waals surface area (Å²) in [5.41, 5.74) is 5.30. The first-order valence-electron chi connectivity index (χ1n) is 8.24. The normalized spacial score (nSPS) is 25.8. The van der Waals surface area contributed by atoms with Crippen molar-refractivity contribution < 1.29 is 22.8 Å². The predicted molar refractivity (Wildman–Crippen MR) is 84.5 cm³/mol. The van der Waals surface area contributed by atoms with E-state index < -0.39 is 17.6 Å². The molecule has 1 aliphatic carbocycles. The van der Waals surface area contributed by atoms with Gasteiger partial charge in [0.1, 0.15) is 0 Å². The first-order valence-corrected chi connectivity index (χ1v) is 8.24. The Bertz CT molecular complexity index is 660. The molecule has 8 heteroatoms. The maximum absolute atomic E-state index is 12.5. The smallest absolute Gasteiger partial charge is 0.343 e. The molecule has 0 radical (unpaired) electrons. The van der Waals surface area contributed by atoms with Crippen LogP contribution in [0.3, 0.4) is 0 Å². The van der Waals surface area contributed by atoms with Crippen LogP contribution in [0.2, 0.25) is 0 Å². The molecule has 2 fully saturated rings. The molecule has 136 valence electrons. The van der Waals surface area contributed by atoms with Crippen molar-refractivity contribution in [2.45, 2.75) is 25.1 Å². The third-order valence-corrected chi connectivity index (χ3v) is 5.14. The predicted octanol–water partition coefficient (Wildman–Crippen LogP) is 1.63. The van der Waals surface area contributed by atoms with Crippen LogP contribution in [-0.4, -0.2) is 42.4 Å². The van der Waals surface area contributed by atoms with Gasteiger partial charge in [-0.3, -0.25) is 9.59 Å². The molecule has 1 heterocycles. The zero-order chi connectivity index (χ0) is 18.2. The third kappa shape index (κ3) is 3.78. The molecule has 1 aromatic carbocycles. The summed E-state index contributed by atoms with van der Waals surface area (Å²) in [5, 5.41) is 2.47. The van der Waals surface area contributed by atoms with E-state index in [0.29, 0.717) is 24.9 Å². The molecule has 0 bridgehead atoms. The third-order valence-electron chi connectivity index (χ3n) is 5.14. The van der Waals surface area contributed by atoms with Gasteiger partial charge < -0.3 is 16.0 Å². The van der Waals surface area contributed by atoms with Gasteiger partial charge in [-0.25, -0.2) is 0 Å². The lowest BCUT2D eigenvalue weighted by molar-refractivity contribution is -0.137. The number of nitrogens with zero attached hydrogens (tertiary/aromatic N) is 1. The fraction of sp³-hybridized carbons (Fsp3) is 0.529. The molecule has 3 rings (SSSR count). The number of carbonyl (C=O) groups excluding carboxylic acids is 2. The van der Waals surface area contributed by atoms with E-state index in [4.69, 9.17) is 5.73 Å². The van der Waals surface area contributed by atoms with Gasteiger partial charge in [-0.05, 0) is 48.9 Å². The Morgan fingerprint density at radius 2 is 1.84 bits per heavy atom. The summed E-state index contributed by atoms with van der Waals surface area (Å²) in [4.78, 5) is 25.9. The molecule has 1 saturated heterocycles. The molecule has 0 spiro atoms. The summed E-state index contributed by atoms with van der Waals surface area (Å²) in [7, 11) is 0. The van der Waals surface area contributed by atoms with E-state index in [1.165, 1.54) is 0 Å². The molecule has 25 heavy (non-hydrogen) atoms. The van der Waals surface area contributed by atoms with E-state index in [-0.39, 0.29) is 24.1 Å². The van der Waals surface area contributed by atoms with Crippen LogP contribution in [0.25, 0.3) is 0 Å². The molecule has 0 aromatic heterocycles. The average Bonchev–Trinajstić information content (AvgIpc) is 3.14. The highest BCUT2D eigenvalue weighted by Crippen LogP contribution is 2.37. The minimum atomic E-state index is -4.44. The number of hydrogen-bond acceptors (Lipinski definition) is 3. The van der Waals surface area contributed by atoms with Gasteiger partial charge >= 0.3 is 6.18 Å².